The number of nitrogens with two attached hydrogens (primary N) is 1. The summed E-state index contributed by atoms with van der Waals surface area (Å²) in [6, 6.07) is 11.6. The van der Waals surface area contributed by atoms with E-state index in [9.17, 15) is 14.4 Å². The molecule has 2 aliphatic rings. The Morgan fingerprint density at radius 1 is 1.17 bits per heavy atom. The van der Waals surface area contributed by atoms with Crippen molar-refractivity contribution < 1.29 is 19.1 Å². The molecule has 5 N–H and O–H groups in total. The molecule has 2 aliphatic heterocycles. The van der Waals surface area contributed by atoms with Gasteiger partial charge < -0.3 is 20.7 Å². The fourth-order valence-electron chi connectivity index (χ4n) is 3.51. The standard InChI is InChI=1S/C14H11N5O2.C10H11NO2S/c15-12-10(7-16-19-12)9-4-1-8(2-5-9)3-6-11-13(20)18-14(21)17-11;1-13-8-3-2-7-5-11(6-14)10(12)9(7)4-8/h1-2,4-5,7,11H,(H3,15,16,19)(H2,17,18,20,21);2-4,14H,5-6H2,1H3. The summed E-state index contributed by atoms with van der Waals surface area (Å²) in [5.41, 5.74) is 9.99. The van der Waals surface area contributed by atoms with Crippen LogP contribution in [0.1, 0.15) is 21.5 Å². The molecule has 1 atom stereocenters. The Morgan fingerprint density at radius 2 is 1.94 bits per heavy atom. The highest BCUT2D eigenvalue weighted by atomic mass is 32.1. The minimum absolute atomic E-state index is 0.0360. The van der Waals surface area contributed by atoms with E-state index in [1.165, 1.54) is 0 Å². The maximum atomic E-state index is 11.7. The molecule has 0 aliphatic carbocycles. The fourth-order valence-corrected chi connectivity index (χ4v) is 3.74. The molecule has 4 amide bonds. The zero-order valence-corrected chi connectivity index (χ0v) is 19.6. The van der Waals surface area contributed by atoms with E-state index in [-0.39, 0.29) is 5.91 Å². The molecule has 1 unspecified atom stereocenters. The Morgan fingerprint density at radius 3 is 2.54 bits per heavy atom. The number of carbonyl (C=O) groups is 3. The summed E-state index contributed by atoms with van der Waals surface area (Å²) < 4.78 is 5.07. The van der Waals surface area contributed by atoms with Crippen LogP contribution in [0.15, 0.2) is 48.7 Å². The number of hydrogen-bond donors (Lipinski definition) is 5. The van der Waals surface area contributed by atoms with Gasteiger partial charge in [-0.1, -0.05) is 30.0 Å². The summed E-state index contributed by atoms with van der Waals surface area (Å²) >= 11 is 4.10. The number of benzene rings is 2. The third-order valence-electron chi connectivity index (χ3n) is 5.37. The van der Waals surface area contributed by atoms with Crippen molar-refractivity contribution in [2.24, 2.45) is 0 Å². The van der Waals surface area contributed by atoms with Gasteiger partial charge in [0.15, 0.2) is 6.04 Å². The predicted molar refractivity (Wildman–Crippen MR) is 132 cm³/mol. The number of ether oxygens (including phenoxy) is 1. The summed E-state index contributed by atoms with van der Waals surface area (Å²) in [6.45, 7) is 0.654. The third-order valence-corrected chi connectivity index (χ3v) is 5.71. The number of fused-ring (bicyclic) bond motifs is 1. The van der Waals surface area contributed by atoms with Gasteiger partial charge in [0, 0.05) is 23.2 Å². The Balaban J connectivity index is 0.000000179. The number of aromatic amines is 1. The SMILES string of the molecule is COc1ccc2c(c1)C(=O)N(CS)C2.Nc1[nH]ncc1-c1ccc(C#CC2NC(=O)NC2=O)cc1. The lowest BCUT2D eigenvalue weighted by Gasteiger charge is -2.10. The topological polar surface area (TPSA) is 142 Å². The van der Waals surface area contributed by atoms with E-state index < -0.39 is 18.0 Å². The van der Waals surface area contributed by atoms with Crippen molar-refractivity contribution in [2.75, 3.05) is 18.7 Å². The summed E-state index contributed by atoms with van der Waals surface area (Å²) in [7, 11) is 1.59. The lowest BCUT2D eigenvalue weighted by atomic mass is 10.1. The van der Waals surface area contributed by atoms with E-state index in [0.29, 0.717) is 18.2 Å². The highest BCUT2D eigenvalue weighted by molar-refractivity contribution is 7.80. The molecule has 0 bridgehead atoms. The number of thiol groups is 1. The largest absolute Gasteiger partial charge is 0.497 e. The van der Waals surface area contributed by atoms with Gasteiger partial charge in [-0.2, -0.15) is 17.7 Å². The van der Waals surface area contributed by atoms with Crippen LogP contribution >= 0.6 is 12.6 Å². The Bertz CT molecular complexity index is 1340. The van der Waals surface area contributed by atoms with Crippen molar-refractivity contribution in [1.29, 1.82) is 0 Å². The Kier molecular flexibility index (Phi) is 6.93. The number of methoxy groups -OCH3 is 1. The van der Waals surface area contributed by atoms with Crippen LogP contribution in [-0.4, -0.2) is 52.0 Å². The lowest BCUT2D eigenvalue weighted by molar-refractivity contribution is -0.119. The number of anilines is 1. The Labute approximate surface area is 206 Å². The molecule has 0 spiro atoms. The number of urea groups is 1. The van der Waals surface area contributed by atoms with Crippen molar-refractivity contribution in [1.82, 2.24) is 25.7 Å². The normalized spacial score (nSPS) is 15.9. The number of H-pyrrole nitrogens is 1. The van der Waals surface area contributed by atoms with Crippen molar-refractivity contribution in [3.8, 4) is 28.7 Å². The van der Waals surface area contributed by atoms with E-state index >= 15 is 0 Å². The van der Waals surface area contributed by atoms with Gasteiger partial charge in [0.25, 0.3) is 11.8 Å². The van der Waals surface area contributed by atoms with Crippen LogP contribution in [0.5, 0.6) is 5.75 Å². The van der Waals surface area contributed by atoms with Crippen molar-refractivity contribution in [3.63, 3.8) is 0 Å². The van der Waals surface area contributed by atoms with Crippen LogP contribution in [0, 0.1) is 11.8 Å². The van der Waals surface area contributed by atoms with E-state index in [1.54, 1.807) is 24.3 Å². The summed E-state index contributed by atoms with van der Waals surface area (Å²) in [5, 5.41) is 11.1. The molecule has 1 aromatic heterocycles. The molecular weight excluding hydrogens is 468 g/mol. The molecule has 1 fully saturated rings. The molecule has 1 saturated heterocycles. The van der Waals surface area contributed by atoms with Gasteiger partial charge in [-0.25, -0.2) is 4.79 Å². The first-order valence-corrected chi connectivity index (χ1v) is 11.1. The van der Waals surface area contributed by atoms with Crippen molar-refractivity contribution in [2.45, 2.75) is 12.6 Å². The summed E-state index contributed by atoms with van der Waals surface area (Å²) in [5.74, 6) is 6.83. The number of aromatic nitrogens is 2. The second kappa shape index (κ2) is 10.2. The molecule has 35 heavy (non-hydrogen) atoms. The molecule has 0 radical (unpaired) electrons. The molecule has 0 saturated carbocycles. The number of nitrogen functional groups attached to an aromatic ring is 1. The van der Waals surface area contributed by atoms with Crippen LogP contribution in [0.25, 0.3) is 11.1 Å². The van der Waals surface area contributed by atoms with Gasteiger partial charge >= 0.3 is 6.03 Å². The summed E-state index contributed by atoms with van der Waals surface area (Å²) in [6.07, 6.45) is 1.65. The van der Waals surface area contributed by atoms with Crippen LogP contribution in [0.3, 0.4) is 0 Å². The monoisotopic (exact) mass is 490 g/mol. The van der Waals surface area contributed by atoms with E-state index in [4.69, 9.17) is 10.5 Å². The molecule has 2 aromatic carbocycles. The second-order valence-electron chi connectivity index (χ2n) is 7.61. The lowest BCUT2D eigenvalue weighted by Crippen LogP contribution is -2.26. The number of nitrogens with one attached hydrogen (secondary N) is 3. The van der Waals surface area contributed by atoms with E-state index in [1.807, 2.05) is 36.4 Å². The zero-order valence-electron chi connectivity index (χ0n) is 18.7. The van der Waals surface area contributed by atoms with Crippen molar-refractivity contribution in [3.05, 3.63) is 65.4 Å². The van der Waals surface area contributed by atoms with Crippen LogP contribution < -0.4 is 21.1 Å². The molecule has 3 aromatic rings. The van der Waals surface area contributed by atoms with Crippen molar-refractivity contribution >= 4 is 36.3 Å². The van der Waals surface area contributed by atoms with Gasteiger partial charge in [0.05, 0.1) is 19.2 Å². The van der Waals surface area contributed by atoms with Crippen LogP contribution in [0.2, 0.25) is 0 Å². The van der Waals surface area contributed by atoms with E-state index in [2.05, 4.69) is 45.3 Å². The fraction of sp³-hybridized carbons (Fsp3) is 0.167. The second-order valence-corrected chi connectivity index (χ2v) is 7.89. The first-order valence-electron chi connectivity index (χ1n) is 10.5. The number of amides is 4. The van der Waals surface area contributed by atoms with Gasteiger partial charge in [-0.15, -0.1) is 0 Å². The smallest absolute Gasteiger partial charge is 0.322 e. The average molecular weight is 491 g/mol. The third kappa shape index (κ3) is 5.23. The zero-order chi connectivity index (χ0) is 24.9. The maximum Gasteiger partial charge on any atom is 0.322 e. The van der Waals surface area contributed by atoms with E-state index in [0.717, 1.165) is 33.6 Å². The quantitative estimate of drug-likeness (QED) is 0.215. The first kappa shape index (κ1) is 23.7. The molecule has 178 valence electrons. The maximum absolute atomic E-state index is 11.7. The minimum Gasteiger partial charge on any atom is -0.497 e. The van der Waals surface area contributed by atoms with Gasteiger partial charge in [-0.05, 0) is 35.4 Å². The highest BCUT2D eigenvalue weighted by Crippen LogP contribution is 2.26. The highest BCUT2D eigenvalue weighted by Gasteiger charge is 2.27. The van der Waals surface area contributed by atoms with Gasteiger partial charge in [0.2, 0.25) is 0 Å². The van der Waals surface area contributed by atoms with Crippen LogP contribution in [-0.2, 0) is 11.3 Å². The number of imide groups is 1. The van der Waals surface area contributed by atoms with Gasteiger partial charge in [0.1, 0.15) is 11.6 Å². The molecule has 11 heteroatoms. The number of rotatable bonds is 3. The number of hydrogen-bond acceptors (Lipinski definition) is 7. The molecule has 10 nitrogen and oxygen atoms in total. The molecule has 5 rings (SSSR count). The number of nitrogens with zero attached hydrogens (tertiary/aromatic N) is 2. The molecular formula is C24H22N6O4S. The average Bonchev–Trinajstić information content (AvgIpc) is 3.54. The Hall–Kier alpha value is -4.43. The summed E-state index contributed by atoms with van der Waals surface area (Å²) in [4.78, 5) is 35.7. The molecule has 3 heterocycles. The first-order chi connectivity index (χ1) is 16.9. The minimum atomic E-state index is -0.804. The van der Waals surface area contributed by atoms with Crippen LogP contribution in [0.4, 0.5) is 10.6 Å². The predicted octanol–water partition coefficient (Wildman–Crippen LogP) is 1.76. The van der Waals surface area contributed by atoms with Gasteiger partial charge in [-0.3, -0.25) is 20.0 Å². The number of carbonyl (C=O) groups excluding carboxylic acids is 3.